The fourth-order valence-electron chi connectivity index (χ4n) is 8.42. The molecule has 234 valence electrons. The molecule has 5 rings (SSSR count). The fourth-order valence-corrected chi connectivity index (χ4v) is 8.42. The normalized spacial score (nSPS) is 30.6. The van der Waals surface area contributed by atoms with Gasteiger partial charge < -0.3 is 24.4 Å². The SMILES string of the molecule is C=CCCCCOC(=O)[C@H]1[C@H]2C(=O)N([C@H](CO)c3ccccc3)C(C(=O)N(CC=C)C3CCCCC3)C23CC[C@]1(CC)O3. The summed E-state index contributed by atoms with van der Waals surface area (Å²) in [6.07, 6.45) is 12.7. The van der Waals surface area contributed by atoms with Gasteiger partial charge in [-0.2, -0.15) is 0 Å². The number of fused-ring (bicyclic) bond motifs is 1. The smallest absolute Gasteiger partial charge is 0.312 e. The molecule has 43 heavy (non-hydrogen) atoms. The van der Waals surface area contributed by atoms with E-state index in [0.717, 1.165) is 50.5 Å². The van der Waals surface area contributed by atoms with Gasteiger partial charge in [0, 0.05) is 12.6 Å². The highest BCUT2D eigenvalue weighted by atomic mass is 16.6. The van der Waals surface area contributed by atoms with Gasteiger partial charge in [0.05, 0.1) is 30.8 Å². The van der Waals surface area contributed by atoms with Gasteiger partial charge in [0.15, 0.2) is 0 Å². The van der Waals surface area contributed by atoms with Crippen LogP contribution in [0, 0.1) is 11.8 Å². The van der Waals surface area contributed by atoms with Gasteiger partial charge in [0.2, 0.25) is 11.8 Å². The number of carbonyl (C=O) groups is 3. The van der Waals surface area contributed by atoms with Crippen LogP contribution < -0.4 is 0 Å². The van der Waals surface area contributed by atoms with Crippen molar-refractivity contribution in [2.24, 2.45) is 11.8 Å². The summed E-state index contributed by atoms with van der Waals surface area (Å²) in [5.74, 6) is -2.58. The Morgan fingerprint density at radius 2 is 1.88 bits per heavy atom. The second kappa shape index (κ2) is 13.3. The van der Waals surface area contributed by atoms with Gasteiger partial charge in [0.1, 0.15) is 17.6 Å². The van der Waals surface area contributed by atoms with Crippen molar-refractivity contribution >= 4 is 17.8 Å². The summed E-state index contributed by atoms with van der Waals surface area (Å²) in [5.41, 5.74) is -1.30. The van der Waals surface area contributed by atoms with Crippen molar-refractivity contribution in [3.63, 3.8) is 0 Å². The number of hydrogen-bond donors (Lipinski definition) is 1. The van der Waals surface area contributed by atoms with Crippen LogP contribution in [-0.2, 0) is 23.9 Å². The van der Waals surface area contributed by atoms with Crippen LogP contribution in [0.1, 0.15) is 89.2 Å². The molecule has 6 atom stereocenters. The molecule has 2 amide bonds. The van der Waals surface area contributed by atoms with Crippen molar-refractivity contribution < 1.29 is 29.0 Å². The number of hydrogen-bond acceptors (Lipinski definition) is 6. The quantitative estimate of drug-likeness (QED) is 0.183. The molecule has 0 aromatic heterocycles. The molecule has 1 N–H and O–H groups in total. The molecule has 1 spiro atoms. The fraction of sp³-hybridized carbons (Fsp3) is 0.629. The van der Waals surface area contributed by atoms with E-state index in [1.165, 1.54) is 0 Å². The van der Waals surface area contributed by atoms with Crippen molar-refractivity contribution in [2.75, 3.05) is 19.8 Å². The molecule has 4 aliphatic rings. The summed E-state index contributed by atoms with van der Waals surface area (Å²) in [6, 6.07) is 7.66. The lowest BCUT2D eigenvalue weighted by molar-refractivity contribution is -0.164. The number of carbonyl (C=O) groups excluding carboxylic acids is 3. The van der Waals surface area contributed by atoms with Crippen LogP contribution in [0.15, 0.2) is 55.6 Å². The summed E-state index contributed by atoms with van der Waals surface area (Å²) in [5, 5.41) is 10.8. The number of aliphatic hydroxyl groups is 1. The molecular weight excluding hydrogens is 544 g/mol. The Labute approximate surface area is 256 Å². The summed E-state index contributed by atoms with van der Waals surface area (Å²) in [4.78, 5) is 46.9. The third-order valence-electron chi connectivity index (χ3n) is 10.5. The van der Waals surface area contributed by atoms with Crippen LogP contribution in [0.3, 0.4) is 0 Å². The van der Waals surface area contributed by atoms with Crippen LogP contribution in [0.25, 0.3) is 0 Å². The van der Waals surface area contributed by atoms with E-state index in [2.05, 4.69) is 13.2 Å². The number of amides is 2. The third kappa shape index (κ3) is 5.46. The van der Waals surface area contributed by atoms with Crippen molar-refractivity contribution in [1.82, 2.24) is 9.80 Å². The third-order valence-corrected chi connectivity index (χ3v) is 10.5. The first kappa shape index (κ1) is 31.5. The number of likely N-dealkylation sites (tertiary alicyclic amines) is 1. The van der Waals surface area contributed by atoms with Crippen LogP contribution in [0.4, 0.5) is 0 Å². The Morgan fingerprint density at radius 1 is 1.14 bits per heavy atom. The summed E-state index contributed by atoms with van der Waals surface area (Å²) >= 11 is 0. The highest BCUT2D eigenvalue weighted by Gasteiger charge is 2.79. The Bertz CT molecular complexity index is 1180. The summed E-state index contributed by atoms with van der Waals surface area (Å²) in [6.45, 7) is 9.95. The lowest BCUT2D eigenvalue weighted by Gasteiger charge is -2.42. The average Bonchev–Trinajstić information content (AvgIpc) is 3.64. The van der Waals surface area contributed by atoms with Crippen LogP contribution in [0.2, 0.25) is 0 Å². The Morgan fingerprint density at radius 3 is 2.53 bits per heavy atom. The maximum Gasteiger partial charge on any atom is 0.312 e. The average molecular weight is 593 g/mol. The molecule has 3 aliphatic heterocycles. The molecule has 1 aromatic rings. The Kier molecular flexibility index (Phi) is 9.76. The van der Waals surface area contributed by atoms with Crippen LogP contribution >= 0.6 is 0 Å². The predicted molar refractivity (Wildman–Crippen MR) is 164 cm³/mol. The molecule has 8 heteroatoms. The van der Waals surface area contributed by atoms with Crippen molar-refractivity contribution in [2.45, 2.75) is 107 Å². The van der Waals surface area contributed by atoms with E-state index in [0.29, 0.717) is 32.2 Å². The highest BCUT2D eigenvalue weighted by Crippen LogP contribution is 2.65. The number of ether oxygens (including phenoxy) is 2. The molecule has 8 nitrogen and oxygen atoms in total. The molecule has 4 fully saturated rings. The van der Waals surface area contributed by atoms with E-state index >= 15 is 0 Å². The number of allylic oxidation sites excluding steroid dienone is 1. The van der Waals surface area contributed by atoms with E-state index in [9.17, 15) is 19.5 Å². The molecule has 1 aromatic carbocycles. The van der Waals surface area contributed by atoms with Crippen LogP contribution in [-0.4, -0.2) is 75.7 Å². The largest absolute Gasteiger partial charge is 0.465 e. The van der Waals surface area contributed by atoms with Crippen molar-refractivity contribution in [3.05, 3.63) is 61.2 Å². The Balaban J connectivity index is 1.56. The van der Waals surface area contributed by atoms with E-state index in [1.807, 2.05) is 48.2 Å². The first-order chi connectivity index (χ1) is 20.9. The molecule has 1 saturated carbocycles. The molecular formula is C35H48N2O6. The standard InChI is InChI=1S/C35H48N2O6/c1-4-7-8-15-23-42-33(41)29-28-31(39)37(27(24-38)25-16-11-9-12-17-25)30(35(28)21-20-34(29,6-3)43-35)32(40)36(22-5-2)26-18-13-10-14-19-26/h4-5,9,11-12,16-17,26-30,38H,1-2,6-8,10,13-15,18-24H2,3H3/t27-,28+,29-,30?,34+,35?/m1/s1. The zero-order chi connectivity index (χ0) is 30.6. The maximum atomic E-state index is 14.9. The number of nitrogens with zero attached hydrogens (tertiary/aromatic N) is 2. The van der Waals surface area contributed by atoms with Gasteiger partial charge in [-0.05, 0) is 56.9 Å². The monoisotopic (exact) mass is 592 g/mol. The minimum atomic E-state index is -1.17. The maximum absolute atomic E-state index is 14.9. The lowest BCUT2D eigenvalue weighted by Crippen LogP contribution is -2.59. The topological polar surface area (TPSA) is 96.4 Å². The molecule has 3 heterocycles. The lowest BCUT2D eigenvalue weighted by atomic mass is 9.65. The first-order valence-electron chi connectivity index (χ1n) is 16.3. The van der Waals surface area contributed by atoms with Gasteiger partial charge in [-0.15, -0.1) is 13.2 Å². The number of benzene rings is 1. The minimum absolute atomic E-state index is 0.0472. The second-order valence-electron chi connectivity index (χ2n) is 12.7. The predicted octanol–water partition coefficient (Wildman–Crippen LogP) is 5.12. The van der Waals surface area contributed by atoms with Gasteiger partial charge in [-0.1, -0.05) is 68.7 Å². The molecule has 2 unspecified atom stereocenters. The Hall–Kier alpha value is -2.97. The summed E-state index contributed by atoms with van der Waals surface area (Å²) in [7, 11) is 0. The van der Waals surface area contributed by atoms with Gasteiger partial charge in [0.25, 0.3) is 0 Å². The van der Waals surface area contributed by atoms with E-state index in [4.69, 9.17) is 9.47 Å². The molecule has 0 radical (unpaired) electrons. The zero-order valence-electron chi connectivity index (χ0n) is 25.6. The van der Waals surface area contributed by atoms with E-state index in [1.54, 1.807) is 11.0 Å². The van der Waals surface area contributed by atoms with E-state index < -0.39 is 41.1 Å². The van der Waals surface area contributed by atoms with Gasteiger partial charge >= 0.3 is 5.97 Å². The number of unbranched alkanes of at least 4 members (excludes halogenated alkanes) is 2. The second-order valence-corrected chi connectivity index (χ2v) is 12.7. The number of esters is 1. The van der Waals surface area contributed by atoms with Gasteiger partial charge in [-0.3, -0.25) is 14.4 Å². The highest BCUT2D eigenvalue weighted by molar-refractivity contribution is 5.99. The number of rotatable bonds is 14. The van der Waals surface area contributed by atoms with Crippen LogP contribution in [0.5, 0.6) is 0 Å². The van der Waals surface area contributed by atoms with Crippen molar-refractivity contribution in [3.8, 4) is 0 Å². The molecule has 1 aliphatic carbocycles. The molecule has 2 bridgehead atoms. The number of aliphatic hydroxyl groups excluding tert-OH is 1. The van der Waals surface area contributed by atoms with Gasteiger partial charge in [-0.25, -0.2) is 0 Å². The zero-order valence-corrected chi connectivity index (χ0v) is 25.6. The molecule has 3 saturated heterocycles. The first-order valence-corrected chi connectivity index (χ1v) is 16.3. The van der Waals surface area contributed by atoms with E-state index in [-0.39, 0.29) is 31.1 Å². The minimum Gasteiger partial charge on any atom is -0.465 e. The summed E-state index contributed by atoms with van der Waals surface area (Å²) < 4.78 is 12.8. The van der Waals surface area contributed by atoms with Crippen molar-refractivity contribution in [1.29, 1.82) is 0 Å².